The van der Waals surface area contributed by atoms with Gasteiger partial charge in [0.15, 0.2) is 0 Å². The molecule has 3 heteroatoms. The van der Waals surface area contributed by atoms with Crippen LogP contribution in [0.15, 0.2) is 10.5 Å². The molecule has 1 aromatic rings. The lowest BCUT2D eigenvalue weighted by molar-refractivity contribution is -0.143. The molecule has 3 nitrogen and oxygen atoms in total. The molecule has 0 aliphatic heterocycles. The highest BCUT2D eigenvalue weighted by Crippen LogP contribution is 2.49. The van der Waals surface area contributed by atoms with Crippen LogP contribution in [0.2, 0.25) is 0 Å². The predicted octanol–water partition coefficient (Wildman–Crippen LogP) is 2.30. The van der Waals surface area contributed by atoms with Crippen LogP contribution in [0, 0.1) is 19.3 Å². The Morgan fingerprint density at radius 2 is 2.21 bits per heavy atom. The van der Waals surface area contributed by atoms with Crippen LogP contribution in [0.4, 0.5) is 0 Å². The van der Waals surface area contributed by atoms with Gasteiger partial charge in [-0.05, 0) is 44.7 Å². The zero-order valence-corrected chi connectivity index (χ0v) is 8.46. The largest absolute Gasteiger partial charge is 0.481 e. The molecule has 1 heterocycles. The maximum Gasteiger partial charge on any atom is 0.309 e. The summed E-state index contributed by atoms with van der Waals surface area (Å²) in [6.45, 7) is 3.77. The van der Waals surface area contributed by atoms with E-state index in [-0.39, 0.29) is 0 Å². The van der Waals surface area contributed by atoms with Gasteiger partial charge in [-0.1, -0.05) is 0 Å². The third-order valence-electron chi connectivity index (χ3n) is 2.98. The van der Waals surface area contributed by atoms with E-state index in [0.717, 1.165) is 29.9 Å². The van der Waals surface area contributed by atoms with E-state index in [4.69, 9.17) is 9.52 Å². The van der Waals surface area contributed by atoms with E-state index >= 15 is 0 Å². The van der Waals surface area contributed by atoms with Crippen LogP contribution in [-0.4, -0.2) is 11.1 Å². The van der Waals surface area contributed by atoms with Gasteiger partial charge in [-0.3, -0.25) is 4.79 Å². The Hall–Kier alpha value is -1.25. The van der Waals surface area contributed by atoms with Gasteiger partial charge in [0.05, 0.1) is 5.41 Å². The molecule has 0 spiro atoms. The van der Waals surface area contributed by atoms with Crippen molar-refractivity contribution >= 4 is 5.97 Å². The summed E-state index contributed by atoms with van der Waals surface area (Å²) in [7, 11) is 0. The Morgan fingerprint density at radius 3 is 2.57 bits per heavy atom. The Morgan fingerprint density at radius 1 is 1.57 bits per heavy atom. The maximum absolute atomic E-state index is 11.0. The quantitative estimate of drug-likeness (QED) is 0.803. The van der Waals surface area contributed by atoms with E-state index in [1.165, 1.54) is 0 Å². The third-order valence-corrected chi connectivity index (χ3v) is 2.98. The molecule has 1 aliphatic rings. The van der Waals surface area contributed by atoms with Crippen LogP contribution in [-0.2, 0) is 11.2 Å². The molecule has 0 unspecified atom stereocenters. The van der Waals surface area contributed by atoms with E-state index in [1.54, 1.807) is 0 Å². The highest BCUT2D eigenvalue weighted by molar-refractivity contribution is 5.78. The molecule has 0 radical (unpaired) electrons. The van der Waals surface area contributed by atoms with E-state index < -0.39 is 11.4 Å². The van der Waals surface area contributed by atoms with E-state index in [9.17, 15) is 4.79 Å². The minimum atomic E-state index is -0.671. The summed E-state index contributed by atoms with van der Waals surface area (Å²) in [5, 5.41) is 9.03. The smallest absolute Gasteiger partial charge is 0.309 e. The normalized spacial score (nSPS) is 18.1. The van der Waals surface area contributed by atoms with Gasteiger partial charge >= 0.3 is 5.97 Å². The van der Waals surface area contributed by atoms with Gasteiger partial charge in [-0.2, -0.15) is 0 Å². The second-order valence-electron chi connectivity index (χ2n) is 4.20. The van der Waals surface area contributed by atoms with E-state index in [0.29, 0.717) is 6.42 Å². The van der Waals surface area contributed by atoms with Crippen LogP contribution >= 0.6 is 0 Å². The van der Waals surface area contributed by atoms with Crippen molar-refractivity contribution in [3.8, 4) is 0 Å². The first-order chi connectivity index (χ1) is 6.53. The molecule has 2 rings (SSSR count). The molecule has 0 aromatic carbocycles. The highest BCUT2D eigenvalue weighted by Gasteiger charge is 2.50. The molecule has 0 bridgehead atoms. The Balaban J connectivity index is 2.19. The van der Waals surface area contributed by atoms with Crippen molar-refractivity contribution in [3.63, 3.8) is 0 Å². The van der Waals surface area contributed by atoms with Crippen LogP contribution in [0.5, 0.6) is 0 Å². The van der Waals surface area contributed by atoms with Gasteiger partial charge < -0.3 is 9.52 Å². The lowest BCUT2D eigenvalue weighted by Gasteiger charge is -2.07. The molecule has 76 valence electrons. The number of hydrogen-bond donors (Lipinski definition) is 1. The van der Waals surface area contributed by atoms with Crippen molar-refractivity contribution in [1.82, 2.24) is 0 Å². The minimum Gasteiger partial charge on any atom is -0.481 e. The van der Waals surface area contributed by atoms with Crippen molar-refractivity contribution in [2.45, 2.75) is 33.1 Å². The van der Waals surface area contributed by atoms with Crippen molar-refractivity contribution in [2.24, 2.45) is 5.41 Å². The van der Waals surface area contributed by atoms with Gasteiger partial charge in [0.2, 0.25) is 0 Å². The second-order valence-corrected chi connectivity index (χ2v) is 4.20. The van der Waals surface area contributed by atoms with Gasteiger partial charge in [0.1, 0.15) is 11.5 Å². The summed E-state index contributed by atoms with van der Waals surface area (Å²) in [6.07, 6.45) is 2.21. The zero-order valence-electron chi connectivity index (χ0n) is 8.46. The van der Waals surface area contributed by atoms with E-state index in [1.807, 2.05) is 19.9 Å². The Bertz CT molecular complexity index is 372. The first-order valence-electron chi connectivity index (χ1n) is 4.83. The van der Waals surface area contributed by atoms with Crippen molar-refractivity contribution < 1.29 is 14.3 Å². The maximum atomic E-state index is 11.0. The van der Waals surface area contributed by atoms with Gasteiger partial charge in [-0.15, -0.1) is 0 Å². The lowest BCUT2D eigenvalue weighted by Crippen LogP contribution is -2.17. The lowest BCUT2D eigenvalue weighted by atomic mass is 9.97. The summed E-state index contributed by atoms with van der Waals surface area (Å²) < 4.78 is 5.37. The fraction of sp³-hybridized carbons (Fsp3) is 0.545. The molecule has 1 aromatic heterocycles. The molecule has 1 aliphatic carbocycles. The number of furan rings is 1. The summed E-state index contributed by atoms with van der Waals surface area (Å²) in [4.78, 5) is 11.0. The van der Waals surface area contributed by atoms with Crippen LogP contribution in [0.25, 0.3) is 0 Å². The molecule has 1 saturated carbocycles. The highest BCUT2D eigenvalue weighted by atomic mass is 16.4. The number of carbonyl (C=O) groups is 1. The van der Waals surface area contributed by atoms with Crippen LogP contribution < -0.4 is 0 Å². The third kappa shape index (κ3) is 1.43. The predicted molar refractivity (Wildman–Crippen MR) is 51.2 cm³/mol. The Kier molecular flexibility index (Phi) is 1.91. The standard InChI is InChI=1S/C11H14O3/c1-7-5-9(8(2)14-7)6-11(3-4-11)10(12)13/h5H,3-4,6H2,1-2H3,(H,12,13). The number of aryl methyl sites for hydroxylation is 2. The zero-order chi connectivity index (χ0) is 10.3. The molecular formula is C11H14O3. The minimum absolute atomic E-state index is 0.485. The number of rotatable bonds is 3. The molecular weight excluding hydrogens is 180 g/mol. The monoisotopic (exact) mass is 194 g/mol. The van der Waals surface area contributed by atoms with Gasteiger partial charge in [0, 0.05) is 0 Å². The van der Waals surface area contributed by atoms with Gasteiger partial charge in [0.25, 0.3) is 0 Å². The number of carboxylic acid groups (broad SMARTS) is 1. The molecule has 1 fully saturated rings. The average molecular weight is 194 g/mol. The second kappa shape index (κ2) is 2.87. The summed E-state index contributed by atoms with van der Waals surface area (Å²) >= 11 is 0. The van der Waals surface area contributed by atoms with Crippen molar-refractivity contribution in [2.75, 3.05) is 0 Å². The molecule has 1 N–H and O–H groups in total. The van der Waals surface area contributed by atoms with Crippen molar-refractivity contribution in [3.05, 3.63) is 23.2 Å². The van der Waals surface area contributed by atoms with Crippen LogP contribution in [0.3, 0.4) is 0 Å². The fourth-order valence-corrected chi connectivity index (χ4v) is 1.84. The molecule has 0 saturated heterocycles. The number of aliphatic carboxylic acids is 1. The molecule has 14 heavy (non-hydrogen) atoms. The van der Waals surface area contributed by atoms with Crippen LogP contribution in [0.1, 0.15) is 29.9 Å². The molecule has 0 amide bonds. The van der Waals surface area contributed by atoms with Crippen molar-refractivity contribution in [1.29, 1.82) is 0 Å². The van der Waals surface area contributed by atoms with Gasteiger partial charge in [-0.25, -0.2) is 0 Å². The number of carboxylic acids is 1. The first kappa shape index (κ1) is 9.31. The van der Waals surface area contributed by atoms with E-state index in [2.05, 4.69) is 0 Å². The number of hydrogen-bond acceptors (Lipinski definition) is 2. The average Bonchev–Trinajstić information content (AvgIpc) is 2.77. The summed E-state index contributed by atoms with van der Waals surface area (Å²) in [6, 6.07) is 1.94. The summed E-state index contributed by atoms with van der Waals surface area (Å²) in [5.74, 6) is 1.05. The summed E-state index contributed by atoms with van der Waals surface area (Å²) in [5.41, 5.74) is 0.559. The topological polar surface area (TPSA) is 50.4 Å². The first-order valence-corrected chi connectivity index (χ1v) is 4.83. The fourth-order valence-electron chi connectivity index (χ4n) is 1.84. The molecule has 0 atom stereocenters. The SMILES string of the molecule is Cc1cc(CC2(C(=O)O)CC2)c(C)o1. The Labute approximate surface area is 82.7 Å².